The van der Waals surface area contributed by atoms with E-state index in [1.54, 1.807) is 5.56 Å². The summed E-state index contributed by atoms with van der Waals surface area (Å²) < 4.78 is 0. The van der Waals surface area contributed by atoms with Gasteiger partial charge in [0.05, 0.1) is 0 Å². The first-order valence-corrected chi connectivity index (χ1v) is 9.44. The van der Waals surface area contributed by atoms with Gasteiger partial charge in [-0.1, -0.05) is 43.0 Å². The van der Waals surface area contributed by atoms with Crippen LogP contribution in [0.1, 0.15) is 56.1 Å². The van der Waals surface area contributed by atoms with Crippen LogP contribution in [-0.2, 0) is 5.41 Å². The molecule has 1 aromatic carbocycles. The molecule has 0 aromatic heterocycles. The fourth-order valence-corrected chi connectivity index (χ4v) is 5.02. The van der Waals surface area contributed by atoms with Crippen LogP contribution in [0.3, 0.4) is 0 Å². The van der Waals surface area contributed by atoms with Gasteiger partial charge in [0.25, 0.3) is 0 Å². The van der Waals surface area contributed by atoms with E-state index in [2.05, 4.69) is 47.9 Å². The minimum Gasteiger partial charge on any atom is -0.303 e. The van der Waals surface area contributed by atoms with Gasteiger partial charge in [-0.3, -0.25) is 0 Å². The molecular formula is C22H29N. The van der Waals surface area contributed by atoms with Gasteiger partial charge in [-0.05, 0) is 87.2 Å². The molecular weight excluding hydrogens is 278 g/mol. The first-order chi connectivity index (χ1) is 11.3. The predicted octanol–water partition coefficient (Wildman–Crippen LogP) is 5.18. The monoisotopic (exact) mass is 307 g/mol. The number of benzene rings is 1. The number of rotatable bonds is 4. The lowest BCUT2D eigenvalue weighted by Crippen LogP contribution is -2.41. The van der Waals surface area contributed by atoms with Gasteiger partial charge in [-0.25, -0.2) is 0 Å². The zero-order chi connectivity index (χ0) is 15.7. The molecule has 1 heteroatoms. The van der Waals surface area contributed by atoms with Gasteiger partial charge in [0.1, 0.15) is 0 Å². The molecule has 122 valence electrons. The largest absolute Gasteiger partial charge is 0.303 e. The second-order valence-electron chi connectivity index (χ2n) is 7.86. The molecule has 1 saturated heterocycles. The number of allylic oxidation sites excluding steroid dienone is 3. The molecule has 0 saturated carbocycles. The van der Waals surface area contributed by atoms with Crippen molar-refractivity contribution in [2.45, 2.75) is 50.4 Å². The molecule has 0 N–H and O–H groups in total. The Morgan fingerprint density at radius 2 is 2.00 bits per heavy atom. The van der Waals surface area contributed by atoms with Gasteiger partial charge in [-0.15, -0.1) is 0 Å². The molecule has 1 atom stereocenters. The van der Waals surface area contributed by atoms with Crippen LogP contribution in [0.15, 0.2) is 43.0 Å². The van der Waals surface area contributed by atoms with Crippen molar-refractivity contribution in [1.29, 1.82) is 0 Å². The highest BCUT2D eigenvalue weighted by Gasteiger charge is 2.42. The average Bonchev–Trinajstić information content (AvgIpc) is 3.18. The van der Waals surface area contributed by atoms with E-state index in [9.17, 15) is 0 Å². The number of likely N-dealkylation sites (tertiary alicyclic amines) is 1. The molecule has 2 aliphatic carbocycles. The van der Waals surface area contributed by atoms with E-state index in [1.165, 1.54) is 75.7 Å². The van der Waals surface area contributed by atoms with Crippen molar-refractivity contribution in [3.05, 3.63) is 54.1 Å². The molecule has 1 unspecified atom stereocenters. The van der Waals surface area contributed by atoms with Gasteiger partial charge in [0.2, 0.25) is 0 Å². The molecule has 1 aliphatic heterocycles. The third-order valence-electron chi connectivity index (χ3n) is 6.41. The average molecular weight is 307 g/mol. The zero-order valence-corrected chi connectivity index (χ0v) is 14.3. The summed E-state index contributed by atoms with van der Waals surface area (Å²) in [6.45, 7) is 8.16. The van der Waals surface area contributed by atoms with Crippen molar-refractivity contribution in [2.24, 2.45) is 5.92 Å². The van der Waals surface area contributed by atoms with Crippen molar-refractivity contribution < 1.29 is 0 Å². The first-order valence-electron chi connectivity index (χ1n) is 9.44. The Balaban J connectivity index is 1.33. The first kappa shape index (κ1) is 15.2. The molecule has 23 heavy (non-hydrogen) atoms. The Kier molecular flexibility index (Phi) is 4.15. The number of piperidine rings is 1. The second kappa shape index (κ2) is 6.28. The van der Waals surface area contributed by atoms with Gasteiger partial charge in [0.15, 0.2) is 0 Å². The van der Waals surface area contributed by atoms with Gasteiger partial charge in [0, 0.05) is 5.41 Å². The quantitative estimate of drug-likeness (QED) is 0.692. The SMILES string of the molecule is C=C1CC2(CCN(CCCC3C=CCC3)CC2)c2ccccc21. The van der Waals surface area contributed by atoms with E-state index in [4.69, 9.17) is 0 Å². The number of hydrogen-bond acceptors (Lipinski definition) is 1. The third kappa shape index (κ3) is 2.92. The van der Waals surface area contributed by atoms with Crippen LogP contribution in [0.4, 0.5) is 0 Å². The second-order valence-corrected chi connectivity index (χ2v) is 7.86. The highest BCUT2D eigenvalue weighted by atomic mass is 15.1. The molecule has 1 fully saturated rings. The zero-order valence-electron chi connectivity index (χ0n) is 14.3. The van der Waals surface area contributed by atoms with Crippen LogP contribution in [-0.4, -0.2) is 24.5 Å². The van der Waals surface area contributed by atoms with E-state index in [0.29, 0.717) is 5.41 Å². The molecule has 0 amide bonds. The Labute approximate surface area is 141 Å². The van der Waals surface area contributed by atoms with Crippen LogP contribution < -0.4 is 0 Å². The van der Waals surface area contributed by atoms with Gasteiger partial charge < -0.3 is 4.90 Å². The predicted molar refractivity (Wildman–Crippen MR) is 98.5 cm³/mol. The Morgan fingerprint density at radius 3 is 2.78 bits per heavy atom. The molecule has 1 heterocycles. The molecule has 4 rings (SSSR count). The highest BCUT2D eigenvalue weighted by molar-refractivity contribution is 5.74. The lowest BCUT2D eigenvalue weighted by atomic mass is 9.73. The maximum Gasteiger partial charge on any atom is 0.00236 e. The van der Waals surface area contributed by atoms with E-state index in [1.807, 2.05) is 0 Å². The lowest BCUT2D eigenvalue weighted by molar-refractivity contribution is 0.160. The smallest absolute Gasteiger partial charge is 0.00236 e. The molecule has 0 bridgehead atoms. The maximum absolute atomic E-state index is 4.34. The normalized spacial score (nSPS) is 26.1. The minimum atomic E-state index is 0.401. The van der Waals surface area contributed by atoms with Crippen LogP contribution in [0.25, 0.3) is 5.57 Å². The summed E-state index contributed by atoms with van der Waals surface area (Å²) in [6, 6.07) is 9.00. The summed E-state index contributed by atoms with van der Waals surface area (Å²) in [5.41, 5.74) is 4.79. The van der Waals surface area contributed by atoms with Crippen LogP contribution in [0.2, 0.25) is 0 Å². The lowest BCUT2D eigenvalue weighted by Gasteiger charge is -2.40. The van der Waals surface area contributed by atoms with E-state index in [-0.39, 0.29) is 0 Å². The molecule has 1 nitrogen and oxygen atoms in total. The summed E-state index contributed by atoms with van der Waals surface area (Å²) in [4.78, 5) is 2.70. The number of fused-ring (bicyclic) bond motifs is 2. The molecule has 1 aromatic rings. The topological polar surface area (TPSA) is 3.24 Å². The summed E-state index contributed by atoms with van der Waals surface area (Å²) in [7, 11) is 0. The van der Waals surface area contributed by atoms with Gasteiger partial charge >= 0.3 is 0 Å². The Bertz CT molecular complexity index is 604. The van der Waals surface area contributed by atoms with Crippen molar-refractivity contribution in [3.8, 4) is 0 Å². The Morgan fingerprint density at radius 1 is 1.17 bits per heavy atom. The van der Waals surface area contributed by atoms with Crippen molar-refractivity contribution in [2.75, 3.05) is 19.6 Å². The van der Waals surface area contributed by atoms with Crippen molar-refractivity contribution in [1.82, 2.24) is 4.90 Å². The van der Waals surface area contributed by atoms with E-state index < -0.39 is 0 Å². The maximum atomic E-state index is 4.34. The number of hydrogen-bond donors (Lipinski definition) is 0. The fraction of sp³-hybridized carbons (Fsp3) is 0.545. The summed E-state index contributed by atoms with van der Waals surface area (Å²) >= 11 is 0. The van der Waals surface area contributed by atoms with E-state index >= 15 is 0 Å². The van der Waals surface area contributed by atoms with Crippen molar-refractivity contribution in [3.63, 3.8) is 0 Å². The third-order valence-corrected chi connectivity index (χ3v) is 6.41. The van der Waals surface area contributed by atoms with Crippen molar-refractivity contribution >= 4 is 5.57 Å². The van der Waals surface area contributed by atoms with Crippen LogP contribution in [0, 0.1) is 5.92 Å². The fourth-order valence-electron chi connectivity index (χ4n) is 5.02. The highest BCUT2D eigenvalue weighted by Crippen LogP contribution is 2.50. The Hall–Kier alpha value is -1.34. The summed E-state index contributed by atoms with van der Waals surface area (Å²) in [6.07, 6.45) is 14.1. The minimum absolute atomic E-state index is 0.401. The summed E-state index contributed by atoms with van der Waals surface area (Å²) in [5, 5.41) is 0. The van der Waals surface area contributed by atoms with Crippen LogP contribution in [0.5, 0.6) is 0 Å². The number of nitrogens with zero attached hydrogens (tertiary/aromatic N) is 1. The molecule has 1 spiro atoms. The van der Waals surface area contributed by atoms with Gasteiger partial charge in [-0.2, -0.15) is 0 Å². The van der Waals surface area contributed by atoms with Crippen LogP contribution >= 0.6 is 0 Å². The summed E-state index contributed by atoms with van der Waals surface area (Å²) in [5.74, 6) is 0.871. The molecule has 0 radical (unpaired) electrons. The molecule has 3 aliphatic rings. The van der Waals surface area contributed by atoms with E-state index in [0.717, 1.165) is 5.92 Å². The standard InChI is InChI=1S/C22H29N/c1-18-17-22(21-11-5-4-10-20(18)21)12-15-23(16-13-22)14-6-9-19-7-2-3-8-19/h2,4-5,7,10-11,19H,1,3,6,8-9,12-17H2.